The van der Waals surface area contributed by atoms with Gasteiger partial charge in [0, 0.05) is 36.5 Å². The van der Waals surface area contributed by atoms with E-state index >= 15 is 0 Å². The number of ether oxygens (including phenoxy) is 1. The Morgan fingerprint density at radius 2 is 2.35 bits per heavy atom. The van der Waals surface area contributed by atoms with Crippen molar-refractivity contribution in [2.24, 2.45) is 5.92 Å². The third-order valence-electron chi connectivity index (χ3n) is 3.67. The Morgan fingerprint density at radius 1 is 1.50 bits per heavy atom. The van der Waals surface area contributed by atoms with Crippen molar-refractivity contribution in [2.75, 3.05) is 18.6 Å². The number of carbonyl (C=O) groups is 1. The van der Waals surface area contributed by atoms with Gasteiger partial charge in [-0.25, -0.2) is 0 Å². The van der Waals surface area contributed by atoms with Crippen LogP contribution in [-0.2, 0) is 4.79 Å². The van der Waals surface area contributed by atoms with Gasteiger partial charge in [-0.15, -0.1) is 6.58 Å². The zero-order chi connectivity index (χ0) is 14.1. The molecule has 102 valence electrons. The predicted octanol–water partition coefficient (Wildman–Crippen LogP) is 2.78. The van der Waals surface area contributed by atoms with E-state index in [1.54, 1.807) is 18.2 Å². The van der Waals surface area contributed by atoms with Crippen molar-refractivity contribution in [3.63, 3.8) is 0 Å². The molecule has 1 aliphatic heterocycles. The smallest absolute Gasteiger partial charge is 0.227 e. The highest BCUT2D eigenvalue weighted by Gasteiger charge is 2.30. The third-order valence-corrected chi connectivity index (χ3v) is 3.67. The number of rotatable bonds is 3. The Morgan fingerprint density at radius 3 is 3.05 bits per heavy atom. The molecule has 3 rings (SSSR count). The molecule has 0 bridgehead atoms. The summed E-state index contributed by atoms with van der Waals surface area (Å²) in [7, 11) is 1.62. The molecule has 0 N–H and O–H groups in total. The summed E-state index contributed by atoms with van der Waals surface area (Å²) in [5, 5.41) is 0.969. The number of carbonyl (C=O) groups excluding carboxylic acids is 1. The van der Waals surface area contributed by atoms with Crippen molar-refractivity contribution in [1.29, 1.82) is 0 Å². The monoisotopic (exact) mass is 268 g/mol. The fourth-order valence-corrected chi connectivity index (χ4v) is 2.60. The molecule has 4 heteroatoms. The minimum atomic E-state index is 0.107. The van der Waals surface area contributed by atoms with Crippen molar-refractivity contribution < 1.29 is 9.53 Å². The van der Waals surface area contributed by atoms with E-state index in [4.69, 9.17) is 4.74 Å². The third kappa shape index (κ3) is 2.03. The molecular formula is C16H16N2O2. The maximum Gasteiger partial charge on any atom is 0.227 e. The maximum absolute atomic E-state index is 12.2. The molecule has 0 aliphatic carbocycles. The maximum atomic E-state index is 12.2. The van der Waals surface area contributed by atoms with Gasteiger partial charge in [-0.2, -0.15) is 0 Å². The standard InChI is InChI=1S/C16H16N2O2/c1-3-11-7-15(19)18(10-11)14-9-13(20-2)8-12-5-4-6-17-16(12)14/h3-6,8-9,11H,1,7,10H2,2H3. The molecule has 1 amide bonds. The summed E-state index contributed by atoms with van der Waals surface area (Å²) < 4.78 is 5.33. The van der Waals surface area contributed by atoms with Gasteiger partial charge < -0.3 is 9.64 Å². The molecule has 20 heavy (non-hydrogen) atoms. The topological polar surface area (TPSA) is 42.4 Å². The van der Waals surface area contributed by atoms with E-state index in [1.807, 2.05) is 30.3 Å². The van der Waals surface area contributed by atoms with Gasteiger partial charge in [0.15, 0.2) is 0 Å². The van der Waals surface area contributed by atoms with Crippen molar-refractivity contribution in [3.05, 3.63) is 43.1 Å². The second-order valence-electron chi connectivity index (χ2n) is 4.93. The normalized spacial score (nSPS) is 18.6. The molecule has 2 aromatic rings. The van der Waals surface area contributed by atoms with Crippen LogP contribution >= 0.6 is 0 Å². The van der Waals surface area contributed by atoms with E-state index in [0.29, 0.717) is 13.0 Å². The first-order valence-electron chi connectivity index (χ1n) is 6.58. The lowest BCUT2D eigenvalue weighted by Crippen LogP contribution is -2.24. The van der Waals surface area contributed by atoms with E-state index in [-0.39, 0.29) is 11.8 Å². The Kier molecular flexibility index (Phi) is 3.14. The summed E-state index contributed by atoms with van der Waals surface area (Å²) in [5.41, 5.74) is 1.64. The van der Waals surface area contributed by atoms with Gasteiger partial charge in [0.1, 0.15) is 5.75 Å². The number of pyridine rings is 1. The van der Waals surface area contributed by atoms with E-state index < -0.39 is 0 Å². The zero-order valence-corrected chi connectivity index (χ0v) is 11.4. The van der Waals surface area contributed by atoms with Gasteiger partial charge in [0.05, 0.1) is 18.3 Å². The predicted molar refractivity (Wildman–Crippen MR) is 79.0 cm³/mol. The number of aromatic nitrogens is 1. The largest absolute Gasteiger partial charge is 0.497 e. The number of anilines is 1. The van der Waals surface area contributed by atoms with Crippen LogP contribution in [-0.4, -0.2) is 24.5 Å². The van der Waals surface area contributed by atoms with Crippen LogP contribution in [0, 0.1) is 5.92 Å². The highest BCUT2D eigenvalue weighted by Crippen LogP contribution is 2.34. The van der Waals surface area contributed by atoms with Crippen LogP contribution in [0.5, 0.6) is 5.75 Å². The minimum absolute atomic E-state index is 0.107. The van der Waals surface area contributed by atoms with Crippen molar-refractivity contribution in [1.82, 2.24) is 4.98 Å². The Bertz CT molecular complexity index is 681. The molecule has 1 aromatic heterocycles. The summed E-state index contributed by atoms with van der Waals surface area (Å²) in [5.74, 6) is 1.04. The van der Waals surface area contributed by atoms with Crippen molar-refractivity contribution in [2.45, 2.75) is 6.42 Å². The minimum Gasteiger partial charge on any atom is -0.497 e. The second-order valence-corrected chi connectivity index (χ2v) is 4.93. The van der Waals surface area contributed by atoms with Gasteiger partial charge >= 0.3 is 0 Å². The average Bonchev–Trinajstić information content (AvgIpc) is 2.87. The lowest BCUT2D eigenvalue weighted by Gasteiger charge is -2.19. The number of fused-ring (bicyclic) bond motifs is 1. The number of methoxy groups -OCH3 is 1. The summed E-state index contributed by atoms with van der Waals surface area (Å²) in [6, 6.07) is 7.65. The first-order chi connectivity index (χ1) is 9.72. The lowest BCUT2D eigenvalue weighted by molar-refractivity contribution is -0.117. The van der Waals surface area contributed by atoms with Crippen LogP contribution in [0.15, 0.2) is 43.1 Å². The van der Waals surface area contributed by atoms with Gasteiger partial charge in [-0.1, -0.05) is 12.1 Å². The number of benzene rings is 1. The van der Waals surface area contributed by atoms with Crippen molar-refractivity contribution >= 4 is 22.5 Å². The summed E-state index contributed by atoms with van der Waals surface area (Å²) in [4.78, 5) is 18.4. The molecule has 1 atom stereocenters. The highest BCUT2D eigenvalue weighted by atomic mass is 16.5. The Hall–Kier alpha value is -2.36. The summed E-state index contributed by atoms with van der Waals surface area (Å²) in [6.07, 6.45) is 4.09. The number of amides is 1. The van der Waals surface area contributed by atoms with Crippen LogP contribution < -0.4 is 9.64 Å². The van der Waals surface area contributed by atoms with Crippen LogP contribution in [0.4, 0.5) is 5.69 Å². The Balaban J connectivity index is 2.15. The number of hydrogen-bond donors (Lipinski definition) is 0. The van der Waals surface area contributed by atoms with Crippen LogP contribution in [0.3, 0.4) is 0 Å². The number of hydrogen-bond acceptors (Lipinski definition) is 3. The molecule has 0 saturated carbocycles. The molecule has 1 aromatic carbocycles. The molecule has 1 unspecified atom stereocenters. The second kappa shape index (κ2) is 4.96. The lowest BCUT2D eigenvalue weighted by atomic mass is 10.1. The van der Waals surface area contributed by atoms with E-state index in [2.05, 4.69) is 11.6 Å². The molecule has 2 heterocycles. The molecule has 1 fully saturated rings. The molecule has 1 saturated heterocycles. The van der Waals surface area contributed by atoms with E-state index in [1.165, 1.54) is 0 Å². The first kappa shape index (κ1) is 12.7. The molecular weight excluding hydrogens is 252 g/mol. The SMILES string of the molecule is C=CC1CC(=O)N(c2cc(OC)cc3cccnc23)C1. The van der Waals surface area contributed by atoms with Crippen LogP contribution in [0.2, 0.25) is 0 Å². The first-order valence-corrected chi connectivity index (χ1v) is 6.58. The molecule has 1 aliphatic rings. The quantitative estimate of drug-likeness (QED) is 0.804. The van der Waals surface area contributed by atoms with E-state index in [9.17, 15) is 4.79 Å². The fourth-order valence-electron chi connectivity index (χ4n) is 2.60. The van der Waals surface area contributed by atoms with Crippen LogP contribution in [0.25, 0.3) is 10.9 Å². The zero-order valence-electron chi connectivity index (χ0n) is 11.4. The van der Waals surface area contributed by atoms with Gasteiger partial charge in [-0.3, -0.25) is 9.78 Å². The summed E-state index contributed by atoms with van der Waals surface area (Å²) >= 11 is 0. The molecule has 0 spiro atoms. The van der Waals surface area contributed by atoms with Crippen LogP contribution in [0.1, 0.15) is 6.42 Å². The molecule has 4 nitrogen and oxygen atoms in total. The van der Waals surface area contributed by atoms with Gasteiger partial charge in [0.2, 0.25) is 5.91 Å². The van der Waals surface area contributed by atoms with Gasteiger partial charge in [0.25, 0.3) is 0 Å². The van der Waals surface area contributed by atoms with Gasteiger partial charge in [-0.05, 0) is 12.1 Å². The van der Waals surface area contributed by atoms with E-state index in [0.717, 1.165) is 22.3 Å². The highest BCUT2D eigenvalue weighted by molar-refractivity contribution is 6.04. The number of nitrogens with zero attached hydrogens (tertiary/aromatic N) is 2. The Labute approximate surface area is 117 Å². The summed E-state index contributed by atoms with van der Waals surface area (Å²) in [6.45, 7) is 4.44. The fraction of sp³-hybridized carbons (Fsp3) is 0.250. The molecule has 0 radical (unpaired) electrons. The average molecular weight is 268 g/mol. The van der Waals surface area contributed by atoms with Crippen molar-refractivity contribution in [3.8, 4) is 5.75 Å².